The van der Waals surface area contributed by atoms with Crippen LogP contribution in [0.4, 0.5) is 0 Å². The van der Waals surface area contributed by atoms with Gasteiger partial charge in [0.2, 0.25) is 11.8 Å². The fourth-order valence-corrected chi connectivity index (χ4v) is 3.08. The van der Waals surface area contributed by atoms with Gasteiger partial charge in [-0.25, -0.2) is 4.98 Å². The molecule has 1 saturated heterocycles. The first kappa shape index (κ1) is 15.7. The van der Waals surface area contributed by atoms with Gasteiger partial charge in [0.25, 0.3) is 0 Å². The summed E-state index contributed by atoms with van der Waals surface area (Å²) in [6.45, 7) is 5.50. The van der Waals surface area contributed by atoms with Gasteiger partial charge < -0.3 is 15.0 Å². The molecule has 1 aromatic heterocycles. The van der Waals surface area contributed by atoms with Crippen molar-refractivity contribution in [3.05, 3.63) is 35.9 Å². The molecule has 1 N–H and O–H groups in total. The number of carbonyl (C=O) groups is 1. The predicted octanol–water partition coefficient (Wildman–Crippen LogP) is 2.34. The molecule has 0 saturated carbocycles. The van der Waals surface area contributed by atoms with Crippen molar-refractivity contribution in [2.75, 3.05) is 13.7 Å². The Morgan fingerprint density at radius 2 is 2.17 bits per heavy atom. The Morgan fingerprint density at radius 1 is 1.39 bits per heavy atom. The maximum atomic E-state index is 12.4. The summed E-state index contributed by atoms with van der Waals surface area (Å²) in [7, 11) is 1.63. The second kappa shape index (κ2) is 6.54. The average Bonchev–Trinajstić information content (AvgIpc) is 2.93. The van der Waals surface area contributed by atoms with Crippen LogP contribution in [0.3, 0.4) is 0 Å². The number of likely N-dealkylation sites (tertiary alicyclic amines) is 1. The van der Waals surface area contributed by atoms with E-state index in [4.69, 9.17) is 4.74 Å². The SMILES string of the molecule is COc1nc2ccccc2cc1CN[C@@H]1CCN(C(C)C)C1=O. The molecule has 2 heterocycles. The molecule has 1 aromatic carbocycles. The largest absolute Gasteiger partial charge is 0.481 e. The molecule has 0 bridgehead atoms. The number of para-hydroxylation sites is 1. The van der Waals surface area contributed by atoms with Gasteiger partial charge in [-0.3, -0.25) is 4.79 Å². The zero-order valence-electron chi connectivity index (χ0n) is 13.9. The molecule has 0 spiro atoms. The van der Waals surface area contributed by atoms with E-state index in [-0.39, 0.29) is 18.0 Å². The summed E-state index contributed by atoms with van der Waals surface area (Å²) in [6.07, 6.45) is 0.848. The number of nitrogens with one attached hydrogen (secondary N) is 1. The van der Waals surface area contributed by atoms with Crippen LogP contribution in [0.5, 0.6) is 5.88 Å². The highest BCUT2D eigenvalue weighted by molar-refractivity contribution is 5.84. The Hall–Kier alpha value is -2.14. The van der Waals surface area contributed by atoms with Crippen molar-refractivity contribution in [3.8, 4) is 5.88 Å². The first-order valence-electron chi connectivity index (χ1n) is 8.06. The topological polar surface area (TPSA) is 54.5 Å². The van der Waals surface area contributed by atoms with Crippen LogP contribution in [-0.2, 0) is 11.3 Å². The van der Waals surface area contributed by atoms with Crippen molar-refractivity contribution < 1.29 is 9.53 Å². The van der Waals surface area contributed by atoms with Gasteiger partial charge in [-0.2, -0.15) is 0 Å². The number of hydrogen-bond donors (Lipinski definition) is 1. The van der Waals surface area contributed by atoms with E-state index >= 15 is 0 Å². The van der Waals surface area contributed by atoms with Crippen molar-refractivity contribution in [3.63, 3.8) is 0 Å². The number of nitrogens with zero attached hydrogens (tertiary/aromatic N) is 2. The number of rotatable bonds is 5. The van der Waals surface area contributed by atoms with Crippen LogP contribution < -0.4 is 10.1 Å². The van der Waals surface area contributed by atoms with Gasteiger partial charge in [0, 0.05) is 30.1 Å². The van der Waals surface area contributed by atoms with Crippen molar-refractivity contribution >= 4 is 16.8 Å². The zero-order valence-corrected chi connectivity index (χ0v) is 13.9. The van der Waals surface area contributed by atoms with Crippen molar-refractivity contribution in [2.24, 2.45) is 0 Å². The Bertz CT molecular complexity index is 714. The number of fused-ring (bicyclic) bond motifs is 1. The zero-order chi connectivity index (χ0) is 16.4. The molecule has 5 heteroatoms. The lowest BCUT2D eigenvalue weighted by Crippen LogP contribution is -2.40. The molecule has 5 nitrogen and oxygen atoms in total. The molecule has 2 aromatic rings. The molecule has 23 heavy (non-hydrogen) atoms. The predicted molar refractivity (Wildman–Crippen MR) is 90.4 cm³/mol. The molecule has 122 valence electrons. The van der Waals surface area contributed by atoms with Crippen LogP contribution in [0.15, 0.2) is 30.3 Å². The summed E-state index contributed by atoms with van der Waals surface area (Å²) in [4.78, 5) is 18.8. The molecule has 1 aliphatic heterocycles. The maximum Gasteiger partial charge on any atom is 0.240 e. The summed E-state index contributed by atoms with van der Waals surface area (Å²) in [5, 5.41) is 4.44. The van der Waals surface area contributed by atoms with E-state index in [0.29, 0.717) is 12.4 Å². The van der Waals surface area contributed by atoms with Crippen molar-refractivity contribution in [1.29, 1.82) is 0 Å². The van der Waals surface area contributed by atoms with Crippen LogP contribution in [0.2, 0.25) is 0 Å². The molecule has 1 amide bonds. The van der Waals surface area contributed by atoms with E-state index in [9.17, 15) is 4.79 Å². The highest BCUT2D eigenvalue weighted by atomic mass is 16.5. The lowest BCUT2D eigenvalue weighted by atomic mass is 10.1. The summed E-state index contributed by atoms with van der Waals surface area (Å²) in [6, 6.07) is 10.2. The highest BCUT2D eigenvalue weighted by Gasteiger charge is 2.32. The minimum atomic E-state index is -0.117. The van der Waals surface area contributed by atoms with Gasteiger partial charge in [0.05, 0.1) is 18.7 Å². The maximum absolute atomic E-state index is 12.4. The number of aromatic nitrogens is 1. The molecule has 0 aliphatic carbocycles. The monoisotopic (exact) mass is 313 g/mol. The van der Waals surface area contributed by atoms with Gasteiger partial charge in [-0.15, -0.1) is 0 Å². The third kappa shape index (κ3) is 3.15. The Balaban J connectivity index is 1.75. The number of amides is 1. The summed E-state index contributed by atoms with van der Waals surface area (Å²) in [5.74, 6) is 0.801. The smallest absolute Gasteiger partial charge is 0.240 e. The molecule has 3 rings (SSSR count). The van der Waals surface area contributed by atoms with Gasteiger partial charge >= 0.3 is 0 Å². The number of carbonyl (C=O) groups excluding carboxylic acids is 1. The lowest BCUT2D eigenvalue weighted by Gasteiger charge is -2.21. The van der Waals surface area contributed by atoms with Crippen LogP contribution >= 0.6 is 0 Å². The third-order valence-corrected chi connectivity index (χ3v) is 4.36. The van der Waals surface area contributed by atoms with Crippen LogP contribution in [0.25, 0.3) is 10.9 Å². The summed E-state index contributed by atoms with van der Waals surface area (Å²) >= 11 is 0. The van der Waals surface area contributed by atoms with E-state index in [0.717, 1.165) is 29.4 Å². The molecule has 1 atom stereocenters. The highest BCUT2D eigenvalue weighted by Crippen LogP contribution is 2.23. The Morgan fingerprint density at radius 3 is 2.87 bits per heavy atom. The summed E-state index contributed by atoms with van der Waals surface area (Å²) < 4.78 is 5.41. The Labute approximate surface area is 136 Å². The van der Waals surface area contributed by atoms with Crippen LogP contribution in [0.1, 0.15) is 25.8 Å². The fraction of sp³-hybridized carbons (Fsp3) is 0.444. The molecule has 0 radical (unpaired) electrons. The van der Waals surface area contributed by atoms with Gasteiger partial charge in [0.1, 0.15) is 0 Å². The van der Waals surface area contributed by atoms with Crippen molar-refractivity contribution in [2.45, 2.75) is 38.9 Å². The number of methoxy groups -OCH3 is 1. The van der Waals surface area contributed by atoms with Gasteiger partial charge in [-0.05, 0) is 32.4 Å². The van der Waals surface area contributed by atoms with E-state index in [1.54, 1.807) is 7.11 Å². The van der Waals surface area contributed by atoms with E-state index in [1.807, 2.05) is 29.2 Å². The quantitative estimate of drug-likeness (QED) is 0.920. The lowest BCUT2D eigenvalue weighted by molar-refractivity contribution is -0.130. The van der Waals surface area contributed by atoms with Crippen LogP contribution in [0, 0.1) is 0 Å². The van der Waals surface area contributed by atoms with E-state index < -0.39 is 0 Å². The Kier molecular flexibility index (Phi) is 4.48. The van der Waals surface area contributed by atoms with Gasteiger partial charge in [0.15, 0.2) is 0 Å². The minimum absolute atomic E-state index is 0.117. The first-order valence-corrected chi connectivity index (χ1v) is 8.06. The number of hydrogen-bond acceptors (Lipinski definition) is 4. The first-order chi connectivity index (χ1) is 11.1. The summed E-state index contributed by atoms with van der Waals surface area (Å²) in [5.41, 5.74) is 1.89. The van der Waals surface area contributed by atoms with Crippen LogP contribution in [-0.4, -0.2) is 41.5 Å². The standard InChI is InChI=1S/C18H23N3O2/c1-12(2)21-9-8-16(18(21)22)19-11-14-10-13-6-4-5-7-15(13)20-17(14)23-3/h4-7,10,12,16,19H,8-9,11H2,1-3H3/t16-/m1/s1. The molecule has 1 fully saturated rings. The number of benzene rings is 1. The fourth-order valence-electron chi connectivity index (χ4n) is 3.08. The number of ether oxygens (including phenoxy) is 1. The normalized spacial score (nSPS) is 18.2. The number of pyridine rings is 1. The van der Waals surface area contributed by atoms with Gasteiger partial charge in [-0.1, -0.05) is 18.2 Å². The van der Waals surface area contributed by atoms with Crippen molar-refractivity contribution in [1.82, 2.24) is 15.2 Å². The second-order valence-electron chi connectivity index (χ2n) is 6.20. The van der Waals surface area contributed by atoms with E-state index in [2.05, 4.69) is 30.2 Å². The molecule has 1 aliphatic rings. The third-order valence-electron chi connectivity index (χ3n) is 4.36. The second-order valence-corrected chi connectivity index (χ2v) is 6.20. The molecule has 0 unspecified atom stereocenters. The average molecular weight is 313 g/mol. The van der Waals surface area contributed by atoms with E-state index in [1.165, 1.54) is 0 Å². The molecular weight excluding hydrogens is 290 g/mol. The minimum Gasteiger partial charge on any atom is -0.481 e. The molecular formula is C18H23N3O2.